The van der Waals surface area contributed by atoms with Gasteiger partial charge in [0.05, 0.1) is 21.7 Å². The van der Waals surface area contributed by atoms with E-state index in [9.17, 15) is 18.0 Å². The summed E-state index contributed by atoms with van der Waals surface area (Å²) >= 11 is 0. The number of para-hydroxylation sites is 1. The zero-order valence-corrected chi connectivity index (χ0v) is 17.9. The first-order valence-corrected chi connectivity index (χ1v) is 11.5. The van der Waals surface area contributed by atoms with Crippen molar-refractivity contribution in [1.82, 2.24) is 14.3 Å². The van der Waals surface area contributed by atoms with Crippen LogP contribution in [0.1, 0.15) is 24.2 Å². The Labute approximate surface area is 179 Å². The molecule has 31 heavy (non-hydrogen) atoms. The van der Waals surface area contributed by atoms with Crippen LogP contribution in [-0.4, -0.2) is 41.7 Å². The Morgan fingerprint density at radius 1 is 1.13 bits per heavy atom. The summed E-state index contributed by atoms with van der Waals surface area (Å²) < 4.78 is 32.2. The summed E-state index contributed by atoms with van der Waals surface area (Å²) in [6, 6.07) is 13.6. The van der Waals surface area contributed by atoms with Gasteiger partial charge in [0, 0.05) is 13.1 Å². The standard InChI is InChI=1S/C22H23N3O5S/c1-15-6-5-9-18-20(15)23-19(24-21(18)26)14-30-22(27)16-10-12-25(13-11-16)31(28,29)17-7-3-2-4-8-17/h2-9,16H,10-14H2,1H3,(H,23,24,26). The number of benzene rings is 2. The van der Waals surface area contributed by atoms with Crippen molar-refractivity contribution in [2.75, 3.05) is 13.1 Å². The second kappa shape index (κ2) is 8.60. The van der Waals surface area contributed by atoms with Gasteiger partial charge in [-0.1, -0.05) is 30.3 Å². The van der Waals surface area contributed by atoms with E-state index in [1.807, 2.05) is 13.0 Å². The SMILES string of the molecule is Cc1cccc2c(=O)[nH]c(COC(=O)C3CCN(S(=O)(=O)c4ccccc4)CC3)nc12. The van der Waals surface area contributed by atoms with Crippen LogP contribution in [0.3, 0.4) is 0 Å². The van der Waals surface area contributed by atoms with Crippen molar-refractivity contribution in [3.05, 3.63) is 70.3 Å². The van der Waals surface area contributed by atoms with Crippen molar-refractivity contribution in [2.24, 2.45) is 5.92 Å². The molecule has 0 amide bonds. The molecule has 0 saturated carbocycles. The Bertz CT molecular complexity index is 1260. The highest BCUT2D eigenvalue weighted by Gasteiger charge is 2.32. The van der Waals surface area contributed by atoms with Crippen molar-refractivity contribution in [3.8, 4) is 0 Å². The van der Waals surface area contributed by atoms with Crippen molar-refractivity contribution < 1.29 is 17.9 Å². The number of aryl methyl sites for hydroxylation is 1. The lowest BCUT2D eigenvalue weighted by molar-refractivity contribution is -0.151. The topological polar surface area (TPSA) is 109 Å². The Balaban J connectivity index is 1.37. The average Bonchev–Trinajstić information content (AvgIpc) is 2.79. The lowest BCUT2D eigenvalue weighted by Crippen LogP contribution is -2.40. The molecule has 2 heterocycles. The molecule has 2 aromatic carbocycles. The van der Waals surface area contributed by atoms with Crippen LogP contribution in [-0.2, 0) is 26.2 Å². The highest BCUT2D eigenvalue weighted by atomic mass is 32.2. The fraction of sp³-hybridized carbons (Fsp3) is 0.318. The van der Waals surface area contributed by atoms with Gasteiger partial charge in [0.25, 0.3) is 5.56 Å². The number of fused-ring (bicyclic) bond motifs is 1. The molecule has 1 saturated heterocycles. The molecule has 1 aromatic heterocycles. The van der Waals surface area contributed by atoms with E-state index in [1.165, 1.54) is 4.31 Å². The predicted octanol–water partition coefficient (Wildman–Crippen LogP) is 2.38. The van der Waals surface area contributed by atoms with Crippen LogP contribution in [0.4, 0.5) is 0 Å². The van der Waals surface area contributed by atoms with Gasteiger partial charge < -0.3 is 9.72 Å². The summed E-state index contributed by atoms with van der Waals surface area (Å²) in [5, 5.41) is 0.488. The van der Waals surface area contributed by atoms with Crippen LogP contribution in [0.15, 0.2) is 58.2 Å². The van der Waals surface area contributed by atoms with Crippen LogP contribution in [0.25, 0.3) is 10.9 Å². The first-order valence-electron chi connectivity index (χ1n) is 10.1. The number of aromatic nitrogens is 2. The normalized spacial score (nSPS) is 15.8. The number of hydrogen-bond acceptors (Lipinski definition) is 6. The lowest BCUT2D eigenvalue weighted by atomic mass is 9.98. The number of carbonyl (C=O) groups is 1. The number of H-pyrrole nitrogens is 1. The summed E-state index contributed by atoms with van der Waals surface area (Å²) in [6.45, 7) is 2.23. The van der Waals surface area contributed by atoms with Crippen molar-refractivity contribution in [1.29, 1.82) is 0 Å². The smallest absolute Gasteiger partial charge is 0.309 e. The van der Waals surface area contributed by atoms with Crippen LogP contribution in [0, 0.1) is 12.8 Å². The van der Waals surface area contributed by atoms with Gasteiger partial charge in [0.1, 0.15) is 12.4 Å². The highest BCUT2D eigenvalue weighted by molar-refractivity contribution is 7.89. The molecule has 1 aliphatic heterocycles. The molecule has 8 nitrogen and oxygen atoms in total. The minimum Gasteiger partial charge on any atom is -0.457 e. The molecule has 9 heteroatoms. The van der Waals surface area contributed by atoms with Crippen LogP contribution in [0.2, 0.25) is 0 Å². The second-order valence-electron chi connectivity index (χ2n) is 7.58. The zero-order valence-electron chi connectivity index (χ0n) is 17.1. The number of nitrogens with zero attached hydrogens (tertiary/aromatic N) is 2. The zero-order chi connectivity index (χ0) is 22.0. The Morgan fingerprint density at radius 3 is 2.55 bits per heavy atom. The van der Waals surface area contributed by atoms with Crippen molar-refractivity contribution in [2.45, 2.75) is 31.3 Å². The molecule has 0 radical (unpaired) electrons. The maximum absolute atomic E-state index is 12.7. The van der Waals surface area contributed by atoms with Gasteiger partial charge >= 0.3 is 5.97 Å². The van der Waals surface area contributed by atoms with Gasteiger partial charge in [0.2, 0.25) is 10.0 Å². The number of aromatic amines is 1. The monoisotopic (exact) mass is 441 g/mol. The third-order valence-electron chi connectivity index (χ3n) is 5.51. The van der Waals surface area contributed by atoms with Gasteiger partial charge in [-0.05, 0) is 43.5 Å². The van der Waals surface area contributed by atoms with Crippen molar-refractivity contribution >= 4 is 26.9 Å². The lowest BCUT2D eigenvalue weighted by Gasteiger charge is -2.30. The molecule has 4 rings (SSSR count). The third kappa shape index (κ3) is 4.38. The summed E-state index contributed by atoms with van der Waals surface area (Å²) in [4.78, 5) is 32.1. The third-order valence-corrected chi connectivity index (χ3v) is 7.42. The van der Waals surface area contributed by atoms with Crippen molar-refractivity contribution in [3.63, 3.8) is 0 Å². The fourth-order valence-electron chi connectivity index (χ4n) is 3.75. The molecule has 1 fully saturated rings. The number of ether oxygens (including phenoxy) is 1. The van der Waals surface area contributed by atoms with Gasteiger partial charge in [-0.3, -0.25) is 9.59 Å². The molecular weight excluding hydrogens is 418 g/mol. The fourth-order valence-corrected chi connectivity index (χ4v) is 5.24. The van der Waals surface area contributed by atoms with E-state index < -0.39 is 21.9 Å². The van der Waals surface area contributed by atoms with Gasteiger partial charge in [-0.15, -0.1) is 0 Å². The number of nitrogens with one attached hydrogen (secondary N) is 1. The van der Waals surface area contributed by atoms with Gasteiger partial charge in [-0.2, -0.15) is 4.31 Å². The van der Waals surface area contributed by atoms with E-state index in [-0.39, 0.29) is 36.0 Å². The molecule has 0 atom stereocenters. The summed E-state index contributed by atoms with van der Waals surface area (Å²) in [5.74, 6) is -0.523. The molecule has 0 bridgehead atoms. The van der Waals surface area contributed by atoms with E-state index in [1.54, 1.807) is 42.5 Å². The minimum absolute atomic E-state index is 0.138. The first kappa shape index (κ1) is 21.2. The maximum atomic E-state index is 12.7. The molecule has 3 aromatic rings. The largest absolute Gasteiger partial charge is 0.457 e. The number of esters is 1. The Hall–Kier alpha value is -3.04. The highest BCUT2D eigenvalue weighted by Crippen LogP contribution is 2.24. The van der Waals surface area contributed by atoms with Gasteiger partial charge in [0.15, 0.2) is 0 Å². The van der Waals surface area contributed by atoms with E-state index in [2.05, 4.69) is 9.97 Å². The molecule has 0 spiro atoms. The predicted molar refractivity (Wildman–Crippen MR) is 115 cm³/mol. The van der Waals surface area contributed by atoms with Crippen LogP contribution >= 0.6 is 0 Å². The molecular formula is C22H23N3O5S. The number of hydrogen-bond donors (Lipinski definition) is 1. The number of rotatable bonds is 5. The quantitative estimate of drug-likeness (QED) is 0.609. The molecule has 0 aliphatic carbocycles. The number of sulfonamides is 1. The van der Waals surface area contributed by atoms with E-state index in [4.69, 9.17) is 4.74 Å². The molecule has 0 unspecified atom stereocenters. The first-order chi connectivity index (χ1) is 14.9. The Kier molecular flexibility index (Phi) is 5.88. The maximum Gasteiger partial charge on any atom is 0.309 e. The van der Waals surface area contributed by atoms with E-state index >= 15 is 0 Å². The van der Waals surface area contributed by atoms with E-state index in [0.29, 0.717) is 23.7 Å². The van der Waals surface area contributed by atoms with Gasteiger partial charge in [-0.25, -0.2) is 13.4 Å². The molecule has 1 N–H and O–H groups in total. The van der Waals surface area contributed by atoms with Crippen LogP contribution < -0.4 is 5.56 Å². The summed E-state index contributed by atoms with van der Waals surface area (Å²) in [5.41, 5.74) is 1.17. The second-order valence-corrected chi connectivity index (χ2v) is 9.52. The summed E-state index contributed by atoms with van der Waals surface area (Å²) in [6.07, 6.45) is 0.761. The summed E-state index contributed by atoms with van der Waals surface area (Å²) in [7, 11) is -3.56. The Morgan fingerprint density at radius 2 is 1.84 bits per heavy atom. The van der Waals surface area contributed by atoms with E-state index in [0.717, 1.165) is 5.56 Å². The average molecular weight is 442 g/mol. The number of carbonyl (C=O) groups excluding carboxylic acids is 1. The minimum atomic E-state index is -3.56. The number of piperidine rings is 1. The molecule has 1 aliphatic rings. The molecule has 162 valence electrons. The van der Waals surface area contributed by atoms with Crippen LogP contribution in [0.5, 0.6) is 0 Å².